The van der Waals surface area contributed by atoms with Gasteiger partial charge in [0.25, 0.3) is 0 Å². The molecule has 0 saturated carbocycles. The molecular weight excluding hydrogens is 342 g/mol. The predicted molar refractivity (Wildman–Crippen MR) is 81.5 cm³/mol. The maximum absolute atomic E-state index is 14.1. The molecule has 6 heteroatoms. The molecule has 1 aromatic carbocycles. The largest absolute Gasteiger partial charge is 0.384 e. The van der Waals surface area contributed by atoms with Gasteiger partial charge in [0.05, 0.1) is 29.1 Å². The van der Waals surface area contributed by atoms with Crippen molar-refractivity contribution in [2.75, 3.05) is 18.5 Å². The zero-order valence-corrected chi connectivity index (χ0v) is 13.2. The SMILES string of the molecule is CCCNc1c2c(nc3c(F)cc(F)c(Br)c13)CCOC2. The molecule has 0 atom stereocenters. The Morgan fingerprint density at radius 2 is 2.19 bits per heavy atom. The lowest BCUT2D eigenvalue weighted by Gasteiger charge is -2.22. The van der Waals surface area contributed by atoms with Crippen LogP contribution in [-0.2, 0) is 17.8 Å². The maximum atomic E-state index is 14.1. The molecule has 1 N–H and O–H groups in total. The first-order valence-electron chi connectivity index (χ1n) is 6.94. The van der Waals surface area contributed by atoms with Gasteiger partial charge in [-0.2, -0.15) is 0 Å². The van der Waals surface area contributed by atoms with Gasteiger partial charge in [0, 0.05) is 30.0 Å². The highest BCUT2D eigenvalue weighted by Crippen LogP contribution is 2.38. The number of pyridine rings is 1. The number of benzene rings is 1. The summed E-state index contributed by atoms with van der Waals surface area (Å²) in [6, 6.07) is 0.870. The van der Waals surface area contributed by atoms with Crippen molar-refractivity contribution in [3.05, 3.63) is 33.4 Å². The van der Waals surface area contributed by atoms with Gasteiger partial charge in [-0.15, -0.1) is 0 Å². The van der Waals surface area contributed by atoms with Gasteiger partial charge in [0.2, 0.25) is 0 Å². The van der Waals surface area contributed by atoms with Crippen molar-refractivity contribution >= 4 is 32.5 Å². The van der Waals surface area contributed by atoms with Crippen LogP contribution in [0.25, 0.3) is 10.9 Å². The average molecular weight is 357 g/mol. The van der Waals surface area contributed by atoms with E-state index in [9.17, 15) is 8.78 Å². The third-order valence-electron chi connectivity index (χ3n) is 3.57. The Morgan fingerprint density at radius 3 is 2.95 bits per heavy atom. The number of nitrogens with zero attached hydrogens (tertiary/aromatic N) is 1. The summed E-state index contributed by atoms with van der Waals surface area (Å²) >= 11 is 3.22. The number of rotatable bonds is 3. The summed E-state index contributed by atoms with van der Waals surface area (Å²) in [7, 11) is 0. The van der Waals surface area contributed by atoms with E-state index in [0.717, 1.165) is 36.0 Å². The quantitative estimate of drug-likeness (QED) is 0.838. The van der Waals surface area contributed by atoms with Crippen molar-refractivity contribution in [2.45, 2.75) is 26.4 Å². The molecule has 0 fully saturated rings. The summed E-state index contributed by atoms with van der Waals surface area (Å²) in [5, 5.41) is 3.73. The van der Waals surface area contributed by atoms with Crippen LogP contribution in [0.15, 0.2) is 10.5 Å². The molecule has 2 aromatic rings. The van der Waals surface area contributed by atoms with Gasteiger partial charge in [0.1, 0.15) is 11.3 Å². The van der Waals surface area contributed by atoms with Crippen molar-refractivity contribution in [1.29, 1.82) is 0 Å². The minimum absolute atomic E-state index is 0.197. The van der Waals surface area contributed by atoms with Gasteiger partial charge in [-0.05, 0) is 22.4 Å². The van der Waals surface area contributed by atoms with Gasteiger partial charge in [-0.1, -0.05) is 6.92 Å². The van der Waals surface area contributed by atoms with Crippen LogP contribution >= 0.6 is 15.9 Å². The van der Waals surface area contributed by atoms with E-state index >= 15 is 0 Å². The van der Waals surface area contributed by atoms with Gasteiger partial charge >= 0.3 is 0 Å². The van der Waals surface area contributed by atoms with E-state index in [0.29, 0.717) is 25.0 Å². The van der Waals surface area contributed by atoms with Crippen LogP contribution in [0.2, 0.25) is 0 Å². The Bertz CT molecular complexity index is 706. The summed E-state index contributed by atoms with van der Waals surface area (Å²) in [5.41, 5.74) is 2.64. The molecule has 2 heterocycles. The number of ether oxygens (including phenoxy) is 1. The summed E-state index contributed by atoms with van der Waals surface area (Å²) in [6.45, 7) is 3.74. The molecule has 0 radical (unpaired) electrons. The normalized spacial score (nSPS) is 14.3. The van der Waals surface area contributed by atoms with Gasteiger partial charge < -0.3 is 10.1 Å². The molecule has 0 spiro atoms. The first kappa shape index (κ1) is 14.7. The minimum atomic E-state index is -0.639. The molecule has 112 valence electrons. The van der Waals surface area contributed by atoms with Crippen molar-refractivity contribution in [3.63, 3.8) is 0 Å². The zero-order chi connectivity index (χ0) is 15.0. The highest BCUT2D eigenvalue weighted by molar-refractivity contribution is 9.10. The number of aromatic nitrogens is 1. The predicted octanol–water partition coefficient (Wildman–Crippen LogP) is 4.17. The molecule has 21 heavy (non-hydrogen) atoms. The lowest BCUT2D eigenvalue weighted by molar-refractivity contribution is 0.110. The van der Waals surface area contributed by atoms with Crippen molar-refractivity contribution in [2.24, 2.45) is 0 Å². The Hall–Kier alpha value is -1.27. The molecule has 0 bridgehead atoms. The summed E-state index contributed by atoms with van der Waals surface area (Å²) < 4.78 is 33.7. The molecule has 3 nitrogen and oxygen atoms in total. The molecule has 1 aliphatic heterocycles. The van der Waals surface area contributed by atoms with Crippen LogP contribution in [-0.4, -0.2) is 18.1 Å². The second-order valence-corrected chi connectivity index (χ2v) is 5.81. The second-order valence-electron chi connectivity index (χ2n) is 5.02. The Balaban J connectivity index is 2.35. The Labute approximate surface area is 129 Å². The highest BCUT2D eigenvalue weighted by Gasteiger charge is 2.23. The van der Waals surface area contributed by atoms with Gasteiger partial charge in [-0.25, -0.2) is 13.8 Å². The van der Waals surface area contributed by atoms with Crippen molar-refractivity contribution in [3.8, 4) is 0 Å². The Morgan fingerprint density at radius 1 is 1.38 bits per heavy atom. The van der Waals surface area contributed by atoms with Crippen LogP contribution in [0, 0.1) is 11.6 Å². The standard InChI is InChI=1S/C15H15BrF2N2O/c1-2-4-19-14-8-7-21-5-3-11(8)20-15-10(18)6-9(17)13(16)12(14)15/h6H,2-5,7H2,1H3,(H,19,20). The molecule has 0 saturated heterocycles. The van der Waals surface area contributed by atoms with E-state index in [4.69, 9.17) is 4.74 Å². The lowest BCUT2D eigenvalue weighted by Crippen LogP contribution is -2.16. The number of nitrogens with one attached hydrogen (secondary N) is 1. The highest BCUT2D eigenvalue weighted by atomic mass is 79.9. The number of hydrogen-bond donors (Lipinski definition) is 1. The number of fused-ring (bicyclic) bond motifs is 2. The summed E-state index contributed by atoms with van der Waals surface area (Å²) in [4.78, 5) is 4.39. The molecular formula is C15H15BrF2N2O. The van der Waals surface area contributed by atoms with Crippen molar-refractivity contribution < 1.29 is 13.5 Å². The van der Waals surface area contributed by atoms with E-state index in [1.54, 1.807) is 0 Å². The second kappa shape index (κ2) is 5.85. The van der Waals surface area contributed by atoms with E-state index in [-0.39, 0.29) is 9.99 Å². The average Bonchev–Trinajstić information content (AvgIpc) is 2.49. The van der Waals surface area contributed by atoms with E-state index in [1.807, 2.05) is 6.92 Å². The summed E-state index contributed by atoms with van der Waals surface area (Å²) in [5.74, 6) is -1.27. The maximum Gasteiger partial charge on any atom is 0.152 e. The number of halogens is 3. The van der Waals surface area contributed by atoms with Crippen LogP contribution in [0.5, 0.6) is 0 Å². The third-order valence-corrected chi connectivity index (χ3v) is 4.35. The molecule has 0 amide bonds. The Kier molecular flexibility index (Phi) is 4.08. The van der Waals surface area contributed by atoms with E-state index in [2.05, 4.69) is 26.2 Å². The molecule has 1 aromatic heterocycles. The lowest BCUT2D eigenvalue weighted by atomic mass is 10.0. The molecule has 1 aliphatic rings. The smallest absolute Gasteiger partial charge is 0.152 e. The van der Waals surface area contributed by atoms with Crippen molar-refractivity contribution in [1.82, 2.24) is 4.98 Å². The topological polar surface area (TPSA) is 34.2 Å². The summed E-state index contributed by atoms with van der Waals surface area (Å²) in [6.07, 6.45) is 1.55. The van der Waals surface area contributed by atoms with Gasteiger partial charge in [-0.3, -0.25) is 0 Å². The molecule has 0 aliphatic carbocycles. The number of hydrogen-bond acceptors (Lipinski definition) is 3. The monoisotopic (exact) mass is 356 g/mol. The molecule has 3 rings (SSSR count). The van der Waals surface area contributed by atoms with E-state index in [1.165, 1.54) is 0 Å². The van der Waals surface area contributed by atoms with E-state index < -0.39 is 11.6 Å². The van der Waals surface area contributed by atoms with Crippen LogP contribution in [0.3, 0.4) is 0 Å². The fraction of sp³-hybridized carbons (Fsp3) is 0.400. The van der Waals surface area contributed by atoms with Gasteiger partial charge in [0.15, 0.2) is 5.82 Å². The first-order chi connectivity index (χ1) is 10.1. The van der Waals surface area contributed by atoms with Crippen LogP contribution < -0.4 is 5.32 Å². The fourth-order valence-corrected chi connectivity index (χ4v) is 3.07. The zero-order valence-electron chi connectivity index (χ0n) is 11.6. The first-order valence-corrected chi connectivity index (χ1v) is 7.73. The molecule has 0 unspecified atom stereocenters. The minimum Gasteiger partial charge on any atom is -0.384 e. The van der Waals surface area contributed by atoms with Crippen LogP contribution in [0.4, 0.5) is 14.5 Å². The number of anilines is 1. The fourth-order valence-electron chi connectivity index (χ4n) is 2.57. The van der Waals surface area contributed by atoms with Crippen LogP contribution in [0.1, 0.15) is 24.6 Å². The third kappa shape index (κ3) is 2.51.